The third kappa shape index (κ3) is 4.46. The molecule has 0 saturated carbocycles. The molecule has 0 aromatic carbocycles. The van der Waals surface area contributed by atoms with Gasteiger partial charge < -0.3 is 16.3 Å². The van der Waals surface area contributed by atoms with Gasteiger partial charge in [-0.25, -0.2) is 0 Å². The van der Waals surface area contributed by atoms with E-state index in [1.165, 1.54) is 4.88 Å². The molecule has 1 heterocycles. The van der Waals surface area contributed by atoms with Crippen LogP contribution in [-0.4, -0.2) is 23.5 Å². The Kier molecular flexibility index (Phi) is 4.62. The Morgan fingerprint density at radius 1 is 1.67 bits per heavy atom. The molecule has 15 heavy (non-hydrogen) atoms. The van der Waals surface area contributed by atoms with Gasteiger partial charge in [-0.2, -0.15) is 0 Å². The van der Waals surface area contributed by atoms with Gasteiger partial charge in [0, 0.05) is 11.4 Å². The molecule has 0 unspecified atom stereocenters. The Morgan fingerprint density at radius 2 is 2.47 bits per heavy atom. The van der Waals surface area contributed by atoms with E-state index >= 15 is 0 Å². The highest BCUT2D eigenvalue weighted by Gasteiger charge is 2.03. The van der Waals surface area contributed by atoms with Crippen molar-refractivity contribution in [2.75, 3.05) is 6.54 Å². The molecule has 1 amide bonds. The SMILES string of the molecule is N/C(CC(=O)NCCc1cccs1)=N\O. The van der Waals surface area contributed by atoms with E-state index in [9.17, 15) is 4.79 Å². The van der Waals surface area contributed by atoms with E-state index in [2.05, 4.69) is 10.5 Å². The number of hydrogen-bond acceptors (Lipinski definition) is 4. The van der Waals surface area contributed by atoms with Gasteiger partial charge in [-0.1, -0.05) is 11.2 Å². The van der Waals surface area contributed by atoms with Crippen LogP contribution >= 0.6 is 11.3 Å². The molecule has 1 aromatic heterocycles. The zero-order valence-electron chi connectivity index (χ0n) is 8.14. The van der Waals surface area contributed by atoms with E-state index in [-0.39, 0.29) is 18.2 Å². The first-order valence-electron chi connectivity index (χ1n) is 4.48. The van der Waals surface area contributed by atoms with Crippen LogP contribution in [0.15, 0.2) is 22.7 Å². The number of nitrogens with zero attached hydrogens (tertiary/aromatic N) is 1. The fourth-order valence-electron chi connectivity index (χ4n) is 1.04. The second-order valence-corrected chi connectivity index (χ2v) is 3.98. The summed E-state index contributed by atoms with van der Waals surface area (Å²) in [7, 11) is 0. The minimum absolute atomic E-state index is 0.0685. The lowest BCUT2D eigenvalue weighted by molar-refractivity contribution is -0.119. The molecule has 6 heteroatoms. The van der Waals surface area contributed by atoms with Crippen molar-refractivity contribution >= 4 is 23.1 Å². The summed E-state index contributed by atoms with van der Waals surface area (Å²) < 4.78 is 0. The molecule has 82 valence electrons. The fraction of sp³-hybridized carbons (Fsp3) is 0.333. The lowest BCUT2D eigenvalue weighted by Crippen LogP contribution is -2.30. The van der Waals surface area contributed by atoms with Crippen molar-refractivity contribution in [1.82, 2.24) is 5.32 Å². The van der Waals surface area contributed by atoms with Crippen LogP contribution in [0.4, 0.5) is 0 Å². The normalized spacial score (nSPS) is 11.3. The Bertz CT molecular complexity index is 335. The molecular weight excluding hydrogens is 214 g/mol. The van der Waals surface area contributed by atoms with E-state index in [0.29, 0.717) is 6.54 Å². The second-order valence-electron chi connectivity index (χ2n) is 2.95. The average molecular weight is 227 g/mol. The summed E-state index contributed by atoms with van der Waals surface area (Å²) in [6.45, 7) is 0.568. The van der Waals surface area contributed by atoms with Crippen molar-refractivity contribution in [1.29, 1.82) is 0 Å². The highest BCUT2D eigenvalue weighted by molar-refractivity contribution is 7.09. The van der Waals surface area contributed by atoms with Crippen molar-refractivity contribution < 1.29 is 10.0 Å². The van der Waals surface area contributed by atoms with E-state index < -0.39 is 0 Å². The van der Waals surface area contributed by atoms with Gasteiger partial charge in [0.05, 0.1) is 6.42 Å². The van der Waals surface area contributed by atoms with Crippen molar-refractivity contribution in [3.05, 3.63) is 22.4 Å². The maximum atomic E-state index is 11.2. The summed E-state index contributed by atoms with van der Waals surface area (Å²) in [5, 5.41) is 15.6. The smallest absolute Gasteiger partial charge is 0.227 e. The number of nitrogens with two attached hydrogens (primary N) is 1. The predicted octanol–water partition coefficient (Wildman–Crippen LogP) is 0.543. The van der Waals surface area contributed by atoms with Crippen molar-refractivity contribution in [2.24, 2.45) is 10.9 Å². The number of oxime groups is 1. The highest BCUT2D eigenvalue weighted by atomic mass is 32.1. The maximum Gasteiger partial charge on any atom is 0.227 e. The predicted molar refractivity (Wildman–Crippen MR) is 59.1 cm³/mol. The molecule has 0 aliphatic rings. The monoisotopic (exact) mass is 227 g/mol. The molecular formula is C9H13N3O2S. The molecule has 0 aliphatic carbocycles. The maximum absolute atomic E-state index is 11.2. The van der Waals surface area contributed by atoms with Crippen LogP contribution < -0.4 is 11.1 Å². The van der Waals surface area contributed by atoms with E-state index in [0.717, 1.165) is 6.42 Å². The van der Waals surface area contributed by atoms with Crippen molar-refractivity contribution in [2.45, 2.75) is 12.8 Å². The zero-order valence-corrected chi connectivity index (χ0v) is 8.96. The minimum Gasteiger partial charge on any atom is -0.409 e. The first-order valence-corrected chi connectivity index (χ1v) is 5.36. The molecule has 4 N–H and O–H groups in total. The number of thiophene rings is 1. The van der Waals surface area contributed by atoms with Gasteiger partial charge in [-0.15, -0.1) is 11.3 Å². The van der Waals surface area contributed by atoms with Gasteiger partial charge in [0.25, 0.3) is 0 Å². The number of nitrogens with one attached hydrogen (secondary N) is 1. The molecule has 5 nitrogen and oxygen atoms in total. The third-order valence-corrected chi connectivity index (χ3v) is 2.68. The number of carbonyl (C=O) groups excluding carboxylic acids is 1. The van der Waals surface area contributed by atoms with E-state index in [4.69, 9.17) is 10.9 Å². The highest BCUT2D eigenvalue weighted by Crippen LogP contribution is 2.07. The summed E-state index contributed by atoms with van der Waals surface area (Å²) in [5.41, 5.74) is 5.18. The van der Waals surface area contributed by atoms with Gasteiger partial charge in [0.15, 0.2) is 0 Å². The van der Waals surface area contributed by atoms with Gasteiger partial charge in [-0.3, -0.25) is 4.79 Å². The van der Waals surface area contributed by atoms with Gasteiger partial charge in [0.1, 0.15) is 5.84 Å². The largest absolute Gasteiger partial charge is 0.409 e. The summed E-state index contributed by atoms with van der Waals surface area (Å²) in [6.07, 6.45) is 0.737. The van der Waals surface area contributed by atoms with Crippen molar-refractivity contribution in [3.63, 3.8) is 0 Å². The summed E-state index contributed by atoms with van der Waals surface area (Å²) in [6, 6.07) is 3.98. The van der Waals surface area contributed by atoms with Crippen LogP contribution in [0.2, 0.25) is 0 Å². The van der Waals surface area contributed by atoms with Crippen LogP contribution in [0.3, 0.4) is 0 Å². The minimum atomic E-state index is -0.234. The Morgan fingerprint density at radius 3 is 3.07 bits per heavy atom. The third-order valence-electron chi connectivity index (χ3n) is 1.74. The lowest BCUT2D eigenvalue weighted by atomic mass is 10.3. The van der Waals surface area contributed by atoms with E-state index in [1.807, 2.05) is 17.5 Å². The molecule has 0 bridgehead atoms. The van der Waals surface area contributed by atoms with Gasteiger partial charge >= 0.3 is 0 Å². The standard InChI is InChI=1S/C9H13N3O2S/c10-8(12-14)6-9(13)11-4-3-7-2-1-5-15-7/h1-2,5,14H,3-4,6H2,(H2,10,12)(H,11,13). The fourth-order valence-corrected chi connectivity index (χ4v) is 1.75. The quantitative estimate of drug-likeness (QED) is 0.297. The second kappa shape index (κ2) is 6.02. The molecule has 0 fully saturated rings. The van der Waals surface area contributed by atoms with Crippen LogP contribution in [0.5, 0.6) is 0 Å². The molecule has 1 aromatic rings. The first-order chi connectivity index (χ1) is 7.22. The Hall–Kier alpha value is -1.56. The summed E-state index contributed by atoms with van der Waals surface area (Å²) >= 11 is 1.65. The molecule has 0 radical (unpaired) electrons. The number of carbonyl (C=O) groups is 1. The average Bonchev–Trinajstić information content (AvgIpc) is 2.70. The molecule has 0 saturated heterocycles. The number of amides is 1. The van der Waals surface area contributed by atoms with Crippen LogP contribution in [0, 0.1) is 0 Å². The topological polar surface area (TPSA) is 87.7 Å². The summed E-state index contributed by atoms with van der Waals surface area (Å²) in [4.78, 5) is 12.4. The molecule has 0 aliphatic heterocycles. The van der Waals surface area contributed by atoms with E-state index in [1.54, 1.807) is 11.3 Å². The van der Waals surface area contributed by atoms with Crippen LogP contribution in [0.1, 0.15) is 11.3 Å². The van der Waals surface area contributed by atoms with Crippen LogP contribution in [-0.2, 0) is 11.2 Å². The van der Waals surface area contributed by atoms with Crippen LogP contribution in [0.25, 0.3) is 0 Å². The van der Waals surface area contributed by atoms with Gasteiger partial charge in [0.2, 0.25) is 5.91 Å². The zero-order chi connectivity index (χ0) is 11.1. The molecule has 0 atom stereocenters. The Labute approximate surface area is 91.6 Å². The number of amidine groups is 1. The molecule has 1 rings (SSSR count). The lowest BCUT2D eigenvalue weighted by Gasteiger charge is -2.02. The Balaban J connectivity index is 2.18. The molecule has 0 spiro atoms. The number of rotatable bonds is 5. The number of hydrogen-bond donors (Lipinski definition) is 3. The summed E-state index contributed by atoms with van der Waals surface area (Å²) in [5.74, 6) is -0.314. The van der Waals surface area contributed by atoms with Gasteiger partial charge in [-0.05, 0) is 17.9 Å². The first kappa shape index (κ1) is 11.5. The van der Waals surface area contributed by atoms with Crippen molar-refractivity contribution in [3.8, 4) is 0 Å².